The maximum absolute atomic E-state index is 11.4. The standard InChI is InChI=1S/C10H4O8/c11-3-1-2(5(13)9(17)7(3)15)6(14)10(18)8(16)4(1)12/h11,13,15,17H/p-2. The van der Waals surface area contributed by atoms with Crippen LogP contribution in [0.1, 0.15) is 0 Å². The minimum Gasteiger partial charge on any atom is -0.869 e. The lowest BCUT2D eigenvalue weighted by atomic mass is 10.1. The van der Waals surface area contributed by atoms with Gasteiger partial charge in [-0.05, 0) is 11.5 Å². The lowest BCUT2D eigenvalue weighted by molar-refractivity contribution is -0.273. The number of phenolic OH excluding ortho intramolecular Hbond substituents is 2. The Hall–Kier alpha value is -2.90. The highest BCUT2D eigenvalue weighted by Crippen LogP contribution is 2.42. The molecule has 0 unspecified atom stereocenters. The van der Waals surface area contributed by atoms with Crippen molar-refractivity contribution in [3.05, 3.63) is 40.9 Å². The van der Waals surface area contributed by atoms with Crippen LogP contribution >= 0.6 is 0 Å². The Bertz CT molecular complexity index is 811. The summed E-state index contributed by atoms with van der Waals surface area (Å²) in [5.41, 5.74) is -6.80. The van der Waals surface area contributed by atoms with Gasteiger partial charge in [-0.3, -0.25) is 19.2 Å². The molecular formula is C10H2O8-2. The van der Waals surface area contributed by atoms with Crippen molar-refractivity contribution in [3.8, 4) is 23.0 Å². The second kappa shape index (κ2) is 3.29. The molecule has 2 N–H and O–H groups in total. The zero-order chi connectivity index (χ0) is 13.8. The first-order chi connectivity index (χ1) is 8.29. The normalized spacial score (nSPS) is 10.9. The summed E-state index contributed by atoms with van der Waals surface area (Å²) >= 11 is 0. The van der Waals surface area contributed by atoms with E-state index < -0.39 is 55.5 Å². The van der Waals surface area contributed by atoms with Gasteiger partial charge in [0.2, 0.25) is 10.9 Å². The third kappa shape index (κ3) is 1.14. The zero-order valence-electron chi connectivity index (χ0n) is 8.34. The Labute approximate surface area is 95.9 Å². The lowest BCUT2D eigenvalue weighted by Gasteiger charge is -2.19. The minimum atomic E-state index is -1.76. The molecular weight excluding hydrogens is 248 g/mol. The van der Waals surface area contributed by atoms with Crippen LogP contribution in [0.15, 0.2) is 19.2 Å². The van der Waals surface area contributed by atoms with Crippen molar-refractivity contribution >= 4 is 10.8 Å². The third-order valence-corrected chi connectivity index (χ3v) is 2.43. The van der Waals surface area contributed by atoms with Crippen molar-refractivity contribution in [2.45, 2.75) is 0 Å². The van der Waals surface area contributed by atoms with E-state index in [1.165, 1.54) is 0 Å². The number of aromatic hydroxyl groups is 2. The molecule has 0 radical (unpaired) electrons. The predicted molar refractivity (Wildman–Crippen MR) is 53.6 cm³/mol. The molecule has 0 atom stereocenters. The number of benzene rings is 2. The van der Waals surface area contributed by atoms with E-state index in [1.807, 2.05) is 0 Å². The van der Waals surface area contributed by atoms with Crippen LogP contribution in [0.3, 0.4) is 0 Å². The molecule has 0 saturated heterocycles. The zero-order valence-corrected chi connectivity index (χ0v) is 8.34. The number of phenols is 2. The second-order valence-electron chi connectivity index (χ2n) is 3.42. The summed E-state index contributed by atoms with van der Waals surface area (Å²) in [6, 6.07) is 0. The molecule has 2 rings (SSSR count). The summed E-state index contributed by atoms with van der Waals surface area (Å²) in [4.78, 5) is 44.8. The van der Waals surface area contributed by atoms with Crippen molar-refractivity contribution in [3.63, 3.8) is 0 Å². The molecule has 0 aromatic heterocycles. The van der Waals surface area contributed by atoms with E-state index in [-0.39, 0.29) is 0 Å². The molecule has 0 fully saturated rings. The molecule has 2 aromatic rings. The Morgan fingerprint density at radius 3 is 1.17 bits per heavy atom. The van der Waals surface area contributed by atoms with E-state index in [4.69, 9.17) is 10.2 Å². The molecule has 18 heavy (non-hydrogen) atoms. The summed E-state index contributed by atoms with van der Waals surface area (Å²) in [5, 5.41) is 38.6. The van der Waals surface area contributed by atoms with Gasteiger partial charge in [-0.25, -0.2) is 0 Å². The topological polar surface area (TPSA) is 155 Å². The van der Waals surface area contributed by atoms with Gasteiger partial charge in [0, 0.05) is 10.8 Å². The van der Waals surface area contributed by atoms with Crippen molar-refractivity contribution in [2.24, 2.45) is 0 Å². The summed E-state index contributed by atoms with van der Waals surface area (Å²) in [5.74, 6) is -5.97. The second-order valence-corrected chi connectivity index (χ2v) is 3.42. The molecule has 0 amide bonds. The lowest BCUT2D eigenvalue weighted by Crippen LogP contribution is -2.47. The maximum Gasteiger partial charge on any atom is 0.277 e. The van der Waals surface area contributed by atoms with Crippen LogP contribution in [0.5, 0.6) is 23.0 Å². The van der Waals surface area contributed by atoms with Crippen LogP contribution in [-0.2, 0) is 0 Å². The van der Waals surface area contributed by atoms with Crippen molar-refractivity contribution in [2.75, 3.05) is 0 Å². The van der Waals surface area contributed by atoms with Gasteiger partial charge in [-0.1, -0.05) is 0 Å². The van der Waals surface area contributed by atoms with E-state index in [1.54, 1.807) is 0 Å². The minimum absolute atomic E-state index is 1.18. The Kier molecular flexibility index (Phi) is 2.12. The van der Waals surface area contributed by atoms with Gasteiger partial charge in [0.05, 0.1) is 0 Å². The van der Waals surface area contributed by atoms with Crippen LogP contribution < -0.4 is 31.9 Å². The molecule has 0 bridgehead atoms. The molecule has 0 heterocycles. The smallest absolute Gasteiger partial charge is 0.277 e. The molecule has 8 nitrogen and oxygen atoms in total. The largest absolute Gasteiger partial charge is 0.869 e. The Morgan fingerprint density at radius 1 is 0.611 bits per heavy atom. The first-order valence-corrected chi connectivity index (χ1v) is 4.42. The van der Waals surface area contributed by atoms with Gasteiger partial charge in [-0.2, -0.15) is 0 Å². The summed E-state index contributed by atoms with van der Waals surface area (Å²) < 4.78 is 0. The Balaban J connectivity index is 3.46. The van der Waals surface area contributed by atoms with E-state index in [2.05, 4.69) is 0 Å². The average molecular weight is 250 g/mol. The summed E-state index contributed by atoms with van der Waals surface area (Å²) in [6.07, 6.45) is 0. The van der Waals surface area contributed by atoms with E-state index >= 15 is 0 Å². The van der Waals surface area contributed by atoms with Crippen LogP contribution in [0.25, 0.3) is 10.8 Å². The van der Waals surface area contributed by atoms with Gasteiger partial charge in [0.15, 0.2) is 0 Å². The molecule has 0 saturated carbocycles. The molecule has 0 aliphatic heterocycles. The van der Waals surface area contributed by atoms with Crippen molar-refractivity contribution in [1.29, 1.82) is 0 Å². The number of rotatable bonds is 0. The summed E-state index contributed by atoms with van der Waals surface area (Å²) in [6.45, 7) is 0. The fourth-order valence-corrected chi connectivity index (χ4v) is 1.55. The van der Waals surface area contributed by atoms with Gasteiger partial charge in [-0.15, -0.1) is 0 Å². The highest BCUT2D eigenvalue weighted by Gasteiger charge is 2.18. The van der Waals surface area contributed by atoms with Crippen molar-refractivity contribution < 1.29 is 20.4 Å². The average Bonchev–Trinajstić information content (AvgIpc) is 2.35. The van der Waals surface area contributed by atoms with Gasteiger partial charge in [0.1, 0.15) is 11.5 Å². The van der Waals surface area contributed by atoms with Gasteiger partial charge < -0.3 is 20.4 Å². The Morgan fingerprint density at radius 2 is 0.889 bits per heavy atom. The fraction of sp³-hybridized carbons (Fsp3) is 0. The van der Waals surface area contributed by atoms with E-state index in [0.717, 1.165) is 0 Å². The molecule has 0 spiro atoms. The molecule has 92 valence electrons. The molecule has 8 heteroatoms. The molecule has 0 aliphatic carbocycles. The number of hydrogen-bond acceptors (Lipinski definition) is 8. The quantitative estimate of drug-likeness (QED) is 0.364. The highest BCUT2D eigenvalue weighted by atomic mass is 16.3. The SMILES string of the molecule is O=c1c(=O)c(=O)c2c([O-])c(O)c(O)c([O-])c2c1=O. The van der Waals surface area contributed by atoms with Crippen LogP contribution in [0.2, 0.25) is 0 Å². The van der Waals surface area contributed by atoms with E-state index in [9.17, 15) is 29.4 Å². The number of hydrogen-bond donors (Lipinski definition) is 2. The van der Waals surface area contributed by atoms with Crippen LogP contribution in [0, 0.1) is 0 Å². The monoisotopic (exact) mass is 250 g/mol. The van der Waals surface area contributed by atoms with Gasteiger partial charge >= 0.3 is 0 Å². The van der Waals surface area contributed by atoms with Crippen LogP contribution in [0.4, 0.5) is 0 Å². The predicted octanol–water partition coefficient (Wildman–Crippen LogP) is -3.29. The molecule has 2 aromatic carbocycles. The first kappa shape index (κ1) is 11.6. The number of fused-ring (bicyclic) bond motifs is 1. The van der Waals surface area contributed by atoms with Crippen molar-refractivity contribution in [1.82, 2.24) is 0 Å². The molecule has 0 aliphatic rings. The maximum atomic E-state index is 11.4. The first-order valence-electron chi connectivity index (χ1n) is 4.42. The fourth-order valence-electron chi connectivity index (χ4n) is 1.55. The highest BCUT2D eigenvalue weighted by molar-refractivity contribution is 5.96. The van der Waals surface area contributed by atoms with E-state index in [0.29, 0.717) is 0 Å². The van der Waals surface area contributed by atoms with Crippen LogP contribution in [-0.4, -0.2) is 10.2 Å². The summed E-state index contributed by atoms with van der Waals surface area (Å²) in [7, 11) is 0. The third-order valence-electron chi connectivity index (χ3n) is 2.43. The van der Waals surface area contributed by atoms with Gasteiger partial charge in [0.25, 0.3) is 10.9 Å².